The topological polar surface area (TPSA) is 82.3 Å². The Bertz CT molecular complexity index is 1060. The molecule has 1 atom stereocenters. The second-order valence-corrected chi connectivity index (χ2v) is 7.40. The first-order valence-corrected chi connectivity index (χ1v) is 9.37. The zero-order valence-corrected chi connectivity index (χ0v) is 15.7. The van der Waals surface area contributed by atoms with Crippen LogP contribution in [-0.4, -0.2) is 17.9 Å². The van der Waals surface area contributed by atoms with Crippen molar-refractivity contribution >= 4 is 41.8 Å². The van der Waals surface area contributed by atoms with Gasteiger partial charge < -0.3 is 14.9 Å². The second-order valence-electron chi connectivity index (χ2n) is 5.50. The molecule has 5 nitrogen and oxygen atoms in total. The van der Waals surface area contributed by atoms with E-state index in [4.69, 9.17) is 9.63 Å². The van der Waals surface area contributed by atoms with E-state index >= 15 is 0 Å². The number of hydrogen-bond acceptors (Lipinski definition) is 5. The molecule has 0 bridgehead atoms. The third-order valence-corrected chi connectivity index (χ3v) is 5.77. The lowest BCUT2D eigenvalue weighted by Gasteiger charge is -2.10. The molecule has 0 radical (unpaired) electrons. The van der Waals surface area contributed by atoms with E-state index in [1.165, 1.54) is 25.3 Å². The van der Waals surface area contributed by atoms with Crippen LogP contribution in [0.25, 0.3) is 10.1 Å². The van der Waals surface area contributed by atoms with E-state index in [1.54, 1.807) is 30.3 Å². The molecule has 0 aliphatic carbocycles. The second kappa shape index (κ2) is 7.57. The van der Waals surface area contributed by atoms with Crippen LogP contribution < -0.4 is 10.1 Å². The average Bonchev–Trinajstić information content (AvgIpc) is 3.06. The summed E-state index contributed by atoms with van der Waals surface area (Å²) in [5.74, 6) is 0.127. The lowest BCUT2D eigenvalue weighted by molar-refractivity contribution is 0.0958. The van der Waals surface area contributed by atoms with Crippen molar-refractivity contribution in [2.45, 2.75) is 5.66 Å². The number of methoxy groups -OCH3 is 1. The molecular weight excluding hydrogens is 393 g/mol. The van der Waals surface area contributed by atoms with Crippen LogP contribution in [0.2, 0.25) is 0 Å². The highest BCUT2D eigenvalue weighted by molar-refractivity contribution is 7.33. The van der Waals surface area contributed by atoms with Crippen LogP contribution in [0.3, 0.4) is 0 Å². The fraction of sp³-hybridized carbons (Fsp3) is 0.111. The Kier molecular flexibility index (Phi) is 5.38. The molecule has 1 aromatic heterocycles. The van der Waals surface area contributed by atoms with Crippen LogP contribution in [0.1, 0.15) is 20.8 Å². The number of fused-ring (bicyclic) bond motifs is 1. The lowest BCUT2D eigenvalue weighted by Crippen LogP contribution is -2.11. The van der Waals surface area contributed by atoms with E-state index < -0.39 is 25.3 Å². The molecule has 0 fully saturated rings. The van der Waals surface area contributed by atoms with Gasteiger partial charge in [0.05, 0.1) is 26.4 Å². The molecule has 2 N–H and O–H groups in total. The number of nitriles is 1. The first-order chi connectivity index (χ1) is 12.9. The molecule has 138 valence electrons. The van der Waals surface area contributed by atoms with Crippen molar-refractivity contribution in [2.75, 3.05) is 12.4 Å². The van der Waals surface area contributed by atoms with Gasteiger partial charge in [0.2, 0.25) is 0 Å². The first-order valence-electron chi connectivity index (χ1n) is 7.61. The minimum absolute atomic E-state index is 0.223. The molecule has 2 aromatic carbocycles. The molecule has 1 unspecified atom stereocenters. The van der Waals surface area contributed by atoms with E-state index in [9.17, 15) is 18.8 Å². The first kappa shape index (κ1) is 19.2. The SMILES string of the molecule is COc1cccc(NC(=O)c2ccc3sc(C(F)(F)PO)c(C#N)c3c2)c1. The molecule has 0 spiro atoms. The summed E-state index contributed by atoms with van der Waals surface area (Å²) in [4.78, 5) is 20.9. The van der Waals surface area contributed by atoms with E-state index in [1.807, 2.05) is 0 Å². The number of anilines is 1. The van der Waals surface area contributed by atoms with Crippen LogP contribution >= 0.6 is 20.1 Å². The van der Waals surface area contributed by atoms with Gasteiger partial charge in [-0.15, -0.1) is 11.3 Å². The Labute approximate surface area is 159 Å². The predicted octanol–water partition coefficient (Wildman–Crippen LogP) is 4.67. The van der Waals surface area contributed by atoms with E-state index in [-0.39, 0.29) is 16.5 Å². The monoisotopic (exact) mass is 406 g/mol. The maximum atomic E-state index is 13.9. The Balaban J connectivity index is 1.98. The van der Waals surface area contributed by atoms with Crippen LogP contribution in [0.15, 0.2) is 42.5 Å². The van der Waals surface area contributed by atoms with Gasteiger partial charge in [0, 0.05) is 27.4 Å². The smallest absolute Gasteiger partial charge is 0.321 e. The van der Waals surface area contributed by atoms with Gasteiger partial charge in [-0.2, -0.15) is 14.0 Å². The average molecular weight is 406 g/mol. The minimum Gasteiger partial charge on any atom is -0.497 e. The van der Waals surface area contributed by atoms with Gasteiger partial charge in [0.15, 0.2) is 0 Å². The highest BCUT2D eigenvalue weighted by Gasteiger charge is 2.37. The molecule has 9 heteroatoms. The largest absolute Gasteiger partial charge is 0.497 e. The van der Waals surface area contributed by atoms with Crippen molar-refractivity contribution < 1.29 is 23.2 Å². The third-order valence-electron chi connectivity index (χ3n) is 3.82. The summed E-state index contributed by atoms with van der Waals surface area (Å²) >= 11 is 0.736. The summed E-state index contributed by atoms with van der Waals surface area (Å²) in [7, 11) is -0.138. The number of alkyl halides is 2. The van der Waals surface area contributed by atoms with Crippen molar-refractivity contribution in [1.82, 2.24) is 0 Å². The number of halogens is 2. The number of carbonyl (C=O) groups excluding carboxylic acids is 1. The molecule has 1 amide bonds. The molecule has 0 aliphatic heterocycles. The van der Waals surface area contributed by atoms with Gasteiger partial charge in [-0.1, -0.05) is 6.07 Å². The van der Waals surface area contributed by atoms with E-state index in [0.29, 0.717) is 16.1 Å². The number of ether oxygens (including phenoxy) is 1. The van der Waals surface area contributed by atoms with E-state index in [2.05, 4.69) is 5.32 Å². The van der Waals surface area contributed by atoms with Gasteiger partial charge >= 0.3 is 5.66 Å². The van der Waals surface area contributed by atoms with Crippen molar-refractivity contribution in [1.29, 1.82) is 5.26 Å². The molecule has 0 aliphatic rings. The summed E-state index contributed by atoms with van der Waals surface area (Å²) < 4.78 is 33.4. The molecule has 3 aromatic rings. The predicted molar refractivity (Wildman–Crippen MR) is 102 cm³/mol. The fourth-order valence-electron chi connectivity index (χ4n) is 2.53. The highest BCUT2D eigenvalue weighted by atomic mass is 32.1. The molecule has 3 rings (SSSR count). The van der Waals surface area contributed by atoms with Gasteiger partial charge in [0.25, 0.3) is 5.91 Å². The van der Waals surface area contributed by atoms with Crippen LogP contribution in [0.4, 0.5) is 14.5 Å². The van der Waals surface area contributed by atoms with Crippen LogP contribution in [0.5, 0.6) is 5.75 Å². The summed E-state index contributed by atoms with van der Waals surface area (Å²) in [6, 6.07) is 13.0. The van der Waals surface area contributed by atoms with Crippen molar-refractivity contribution in [3.8, 4) is 11.8 Å². The number of nitrogens with one attached hydrogen (secondary N) is 1. The number of nitrogens with zero attached hydrogens (tertiary/aromatic N) is 1. The van der Waals surface area contributed by atoms with Gasteiger partial charge in [0.1, 0.15) is 11.8 Å². The number of rotatable bonds is 5. The molecular formula is C18H13F2N2O3PS. The molecule has 0 saturated carbocycles. The Morgan fingerprint density at radius 2 is 2.11 bits per heavy atom. The Hall–Kier alpha value is -2.59. The van der Waals surface area contributed by atoms with Gasteiger partial charge in [-0.3, -0.25) is 4.79 Å². The number of benzene rings is 2. The summed E-state index contributed by atoms with van der Waals surface area (Å²) in [6.07, 6.45) is 0. The zero-order chi connectivity index (χ0) is 19.6. The summed E-state index contributed by atoms with van der Waals surface area (Å²) in [5, 5.41) is 12.3. The highest BCUT2D eigenvalue weighted by Crippen LogP contribution is 2.49. The molecule has 27 heavy (non-hydrogen) atoms. The summed E-state index contributed by atoms with van der Waals surface area (Å²) in [6.45, 7) is 0. The number of carbonyl (C=O) groups is 1. The molecule has 1 heterocycles. The van der Waals surface area contributed by atoms with Crippen molar-refractivity contribution in [3.63, 3.8) is 0 Å². The normalized spacial score (nSPS) is 11.7. The van der Waals surface area contributed by atoms with Crippen molar-refractivity contribution in [3.05, 3.63) is 58.5 Å². The van der Waals surface area contributed by atoms with Gasteiger partial charge in [-0.05, 0) is 30.3 Å². The fourth-order valence-corrected chi connectivity index (χ4v) is 4.06. The minimum atomic E-state index is -3.49. The quantitative estimate of drug-likeness (QED) is 0.604. The zero-order valence-electron chi connectivity index (χ0n) is 13.9. The van der Waals surface area contributed by atoms with E-state index in [0.717, 1.165) is 11.3 Å². The maximum Gasteiger partial charge on any atom is 0.321 e. The maximum absolute atomic E-state index is 13.9. The van der Waals surface area contributed by atoms with Crippen LogP contribution in [0, 0.1) is 11.3 Å². The van der Waals surface area contributed by atoms with Crippen LogP contribution in [-0.2, 0) is 5.66 Å². The molecule has 0 saturated heterocycles. The Morgan fingerprint density at radius 3 is 2.78 bits per heavy atom. The third kappa shape index (κ3) is 3.76. The standard InChI is InChI=1S/C18H13F2N2O3PS/c1-25-12-4-2-3-11(8-12)22-17(23)10-5-6-15-13(7-10)14(9-21)16(27-15)18(19,20)26-24/h2-8,24,26H,1H3,(H,22,23). The summed E-state index contributed by atoms with van der Waals surface area (Å²) in [5.41, 5.74) is -2.98. The number of thiophene rings is 1. The number of amides is 1. The van der Waals surface area contributed by atoms with Gasteiger partial charge in [-0.25, -0.2) is 0 Å². The van der Waals surface area contributed by atoms with Crippen molar-refractivity contribution in [2.24, 2.45) is 0 Å². The Morgan fingerprint density at radius 1 is 1.33 bits per heavy atom. The number of hydrogen-bond donors (Lipinski definition) is 2. The lowest BCUT2D eigenvalue weighted by atomic mass is 10.1.